The Hall–Kier alpha value is -2.20. The van der Waals surface area contributed by atoms with Gasteiger partial charge < -0.3 is 19.3 Å². The van der Waals surface area contributed by atoms with Crippen molar-refractivity contribution in [1.82, 2.24) is 0 Å². The van der Waals surface area contributed by atoms with Crippen LogP contribution in [0, 0.1) is 5.92 Å². The predicted octanol–water partition coefficient (Wildman–Crippen LogP) is 3.01. The van der Waals surface area contributed by atoms with Crippen molar-refractivity contribution in [3.05, 3.63) is 53.1 Å². The summed E-state index contributed by atoms with van der Waals surface area (Å²) in [6, 6.07) is 12.1. The van der Waals surface area contributed by atoms with E-state index in [1.54, 1.807) is 21.3 Å². The fraction of sp³-hybridized carbons (Fsp3) is 0.368. The summed E-state index contributed by atoms with van der Waals surface area (Å²) < 4.78 is 16.1. The molecule has 0 aromatic heterocycles. The lowest BCUT2D eigenvalue weighted by Gasteiger charge is -2.20. The van der Waals surface area contributed by atoms with E-state index in [4.69, 9.17) is 14.2 Å². The molecular formula is C19H22O4. The van der Waals surface area contributed by atoms with Gasteiger partial charge in [-0.25, -0.2) is 0 Å². The summed E-state index contributed by atoms with van der Waals surface area (Å²) in [5.74, 6) is 2.61. The van der Waals surface area contributed by atoms with Crippen LogP contribution in [0.25, 0.3) is 0 Å². The molecule has 23 heavy (non-hydrogen) atoms. The van der Waals surface area contributed by atoms with Gasteiger partial charge in [-0.3, -0.25) is 0 Å². The first kappa shape index (κ1) is 15.7. The molecule has 0 aliphatic heterocycles. The zero-order valence-electron chi connectivity index (χ0n) is 13.7. The molecule has 0 fully saturated rings. The van der Waals surface area contributed by atoms with Crippen molar-refractivity contribution in [2.45, 2.75) is 12.3 Å². The van der Waals surface area contributed by atoms with Gasteiger partial charge in [-0.15, -0.1) is 0 Å². The van der Waals surface area contributed by atoms with Gasteiger partial charge in [-0.2, -0.15) is 0 Å². The van der Waals surface area contributed by atoms with Crippen LogP contribution < -0.4 is 14.2 Å². The van der Waals surface area contributed by atoms with Crippen molar-refractivity contribution in [2.75, 3.05) is 27.9 Å². The molecule has 0 saturated heterocycles. The van der Waals surface area contributed by atoms with E-state index >= 15 is 0 Å². The van der Waals surface area contributed by atoms with Gasteiger partial charge in [-0.1, -0.05) is 12.1 Å². The molecule has 0 bridgehead atoms. The molecule has 2 aromatic rings. The molecule has 4 heteroatoms. The van der Waals surface area contributed by atoms with Gasteiger partial charge in [0.2, 0.25) is 0 Å². The predicted molar refractivity (Wildman–Crippen MR) is 88.7 cm³/mol. The SMILES string of the molecule is COc1ccc([C@@H]2c3cc(OC)c(OC)cc3C[C@H]2CO)cc1. The van der Waals surface area contributed by atoms with Gasteiger partial charge in [-0.05, 0) is 53.3 Å². The van der Waals surface area contributed by atoms with Crippen LogP contribution >= 0.6 is 0 Å². The Morgan fingerprint density at radius 2 is 1.61 bits per heavy atom. The van der Waals surface area contributed by atoms with E-state index in [9.17, 15) is 5.11 Å². The second-order valence-corrected chi connectivity index (χ2v) is 5.80. The molecule has 0 saturated carbocycles. The van der Waals surface area contributed by atoms with Gasteiger partial charge >= 0.3 is 0 Å². The number of ether oxygens (including phenoxy) is 3. The lowest BCUT2D eigenvalue weighted by molar-refractivity contribution is 0.221. The Labute approximate surface area is 136 Å². The maximum absolute atomic E-state index is 9.84. The monoisotopic (exact) mass is 314 g/mol. The first-order chi connectivity index (χ1) is 11.2. The second-order valence-electron chi connectivity index (χ2n) is 5.80. The molecule has 4 nitrogen and oxygen atoms in total. The Morgan fingerprint density at radius 1 is 0.957 bits per heavy atom. The van der Waals surface area contributed by atoms with Crippen LogP contribution in [-0.2, 0) is 6.42 Å². The number of methoxy groups -OCH3 is 3. The maximum atomic E-state index is 9.84. The van der Waals surface area contributed by atoms with E-state index in [0.717, 1.165) is 23.7 Å². The van der Waals surface area contributed by atoms with Crippen molar-refractivity contribution in [3.63, 3.8) is 0 Å². The standard InChI is InChI=1S/C19H22O4/c1-21-15-6-4-12(5-7-15)19-14(11-20)8-13-9-17(22-2)18(23-3)10-16(13)19/h4-7,9-10,14,19-20H,8,11H2,1-3H3/t14-,19-/m0/s1. The molecule has 0 radical (unpaired) electrons. The lowest BCUT2D eigenvalue weighted by atomic mass is 9.86. The Bertz CT molecular complexity index is 679. The fourth-order valence-electron chi connectivity index (χ4n) is 3.49. The summed E-state index contributed by atoms with van der Waals surface area (Å²) in [5, 5.41) is 9.84. The average Bonchev–Trinajstić information content (AvgIpc) is 2.97. The van der Waals surface area contributed by atoms with Crippen LogP contribution in [0.4, 0.5) is 0 Å². The molecular weight excluding hydrogens is 292 g/mol. The minimum Gasteiger partial charge on any atom is -0.497 e. The highest BCUT2D eigenvalue weighted by Crippen LogP contribution is 2.46. The Kier molecular flexibility index (Phi) is 4.44. The molecule has 0 spiro atoms. The van der Waals surface area contributed by atoms with Crippen molar-refractivity contribution >= 4 is 0 Å². The van der Waals surface area contributed by atoms with Gasteiger partial charge in [0.25, 0.3) is 0 Å². The quantitative estimate of drug-likeness (QED) is 0.921. The summed E-state index contributed by atoms with van der Waals surface area (Å²) in [6.45, 7) is 0.149. The molecule has 1 N–H and O–H groups in total. The number of aliphatic hydroxyl groups is 1. The van der Waals surface area contributed by atoms with E-state index in [2.05, 4.69) is 12.1 Å². The number of rotatable bonds is 5. The molecule has 3 rings (SSSR count). The van der Waals surface area contributed by atoms with E-state index < -0.39 is 0 Å². The highest BCUT2D eigenvalue weighted by molar-refractivity contribution is 5.54. The first-order valence-electron chi connectivity index (χ1n) is 7.71. The number of hydrogen-bond acceptors (Lipinski definition) is 4. The summed E-state index contributed by atoms with van der Waals surface area (Å²) in [6.07, 6.45) is 0.836. The summed E-state index contributed by atoms with van der Waals surface area (Å²) in [4.78, 5) is 0. The van der Waals surface area contributed by atoms with Crippen LogP contribution in [0.3, 0.4) is 0 Å². The molecule has 122 valence electrons. The number of hydrogen-bond donors (Lipinski definition) is 1. The minimum atomic E-state index is 0.149. The van der Waals surface area contributed by atoms with Crippen LogP contribution in [-0.4, -0.2) is 33.0 Å². The summed E-state index contributed by atoms with van der Waals surface area (Å²) in [7, 11) is 4.95. The van der Waals surface area contributed by atoms with Crippen LogP contribution in [0.15, 0.2) is 36.4 Å². The topological polar surface area (TPSA) is 47.9 Å². The third-order valence-corrected chi connectivity index (χ3v) is 4.64. The highest BCUT2D eigenvalue weighted by Gasteiger charge is 2.34. The average molecular weight is 314 g/mol. The highest BCUT2D eigenvalue weighted by atomic mass is 16.5. The zero-order chi connectivity index (χ0) is 16.4. The van der Waals surface area contributed by atoms with E-state index in [0.29, 0.717) is 0 Å². The first-order valence-corrected chi connectivity index (χ1v) is 7.71. The maximum Gasteiger partial charge on any atom is 0.161 e. The molecule has 0 heterocycles. The molecule has 1 aliphatic rings. The molecule has 2 atom stereocenters. The lowest BCUT2D eigenvalue weighted by Crippen LogP contribution is -2.13. The van der Waals surface area contributed by atoms with E-state index in [1.807, 2.05) is 24.3 Å². The van der Waals surface area contributed by atoms with Gasteiger partial charge in [0, 0.05) is 12.5 Å². The zero-order valence-corrected chi connectivity index (χ0v) is 13.7. The summed E-state index contributed by atoms with van der Waals surface area (Å²) >= 11 is 0. The minimum absolute atomic E-state index is 0.149. The van der Waals surface area contributed by atoms with Gasteiger partial charge in [0.15, 0.2) is 11.5 Å². The molecule has 0 amide bonds. The van der Waals surface area contributed by atoms with Crippen molar-refractivity contribution in [2.24, 2.45) is 5.92 Å². The second kappa shape index (κ2) is 6.50. The summed E-state index contributed by atoms with van der Waals surface area (Å²) in [5.41, 5.74) is 3.59. The van der Waals surface area contributed by atoms with Gasteiger partial charge in [0.05, 0.1) is 21.3 Å². The number of benzene rings is 2. The fourth-order valence-corrected chi connectivity index (χ4v) is 3.49. The Morgan fingerprint density at radius 3 is 2.17 bits per heavy atom. The Balaban J connectivity index is 2.06. The van der Waals surface area contributed by atoms with Crippen molar-refractivity contribution in [1.29, 1.82) is 0 Å². The third-order valence-electron chi connectivity index (χ3n) is 4.64. The number of aliphatic hydroxyl groups excluding tert-OH is 1. The third kappa shape index (κ3) is 2.75. The van der Waals surface area contributed by atoms with E-state index in [-0.39, 0.29) is 18.4 Å². The number of fused-ring (bicyclic) bond motifs is 1. The van der Waals surface area contributed by atoms with Crippen molar-refractivity contribution < 1.29 is 19.3 Å². The largest absolute Gasteiger partial charge is 0.497 e. The van der Waals surface area contributed by atoms with Gasteiger partial charge in [0.1, 0.15) is 5.75 Å². The molecule has 2 aromatic carbocycles. The van der Waals surface area contributed by atoms with Crippen molar-refractivity contribution in [3.8, 4) is 17.2 Å². The van der Waals surface area contributed by atoms with E-state index in [1.165, 1.54) is 16.7 Å². The smallest absolute Gasteiger partial charge is 0.161 e. The molecule has 0 unspecified atom stereocenters. The van der Waals surface area contributed by atoms with Crippen LogP contribution in [0.2, 0.25) is 0 Å². The van der Waals surface area contributed by atoms with Crippen LogP contribution in [0.5, 0.6) is 17.2 Å². The molecule has 1 aliphatic carbocycles. The normalized spacial score (nSPS) is 19.3. The van der Waals surface area contributed by atoms with Crippen LogP contribution in [0.1, 0.15) is 22.6 Å².